The van der Waals surface area contributed by atoms with Crippen LogP contribution in [0.5, 0.6) is 0 Å². The predicted molar refractivity (Wildman–Crippen MR) is 87.4 cm³/mol. The molecule has 4 rings (SSSR count). The topological polar surface area (TPSA) is 52.3 Å². The van der Waals surface area contributed by atoms with E-state index in [1.54, 1.807) is 11.3 Å². The largest absolute Gasteiger partial charge is 0.455 e. The van der Waals surface area contributed by atoms with Crippen molar-refractivity contribution in [1.29, 1.82) is 0 Å². The van der Waals surface area contributed by atoms with E-state index in [4.69, 9.17) is 9.26 Å². The number of carbonyl (C=O) groups is 1. The van der Waals surface area contributed by atoms with Crippen LogP contribution in [0.4, 0.5) is 0 Å². The van der Waals surface area contributed by atoms with Gasteiger partial charge in [-0.15, -0.1) is 11.3 Å². The standard InChI is InChI=1S/C18H15NO3S/c20-18(14-7-6-12-3-1-4-13(12)9-14)21-11-15-10-16(22-19-15)17-5-2-8-23-17/h2,5-10H,1,3-4,11H2. The van der Waals surface area contributed by atoms with Crippen LogP contribution in [0, 0.1) is 0 Å². The minimum atomic E-state index is -0.319. The summed E-state index contributed by atoms with van der Waals surface area (Å²) < 4.78 is 10.6. The van der Waals surface area contributed by atoms with Crippen LogP contribution >= 0.6 is 11.3 Å². The number of aromatic nitrogens is 1. The van der Waals surface area contributed by atoms with Gasteiger partial charge in [-0.2, -0.15) is 0 Å². The number of hydrogen-bond acceptors (Lipinski definition) is 5. The summed E-state index contributed by atoms with van der Waals surface area (Å²) in [5.41, 5.74) is 3.83. The number of thiophene rings is 1. The van der Waals surface area contributed by atoms with Crippen molar-refractivity contribution in [2.24, 2.45) is 0 Å². The second-order valence-corrected chi connectivity index (χ2v) is 6.52. The molecule has 4 nitrogen and oxygen atoms in total. The van der Waals surface area contributed by atoms with E-state index in [2.05, 4.69) is 5.16 Å². The highest BCUT2D eigenvalue weighted by atomic mass is 32.1. The average molecular weight is 325 g/mol. The molecule has 1 aliphatic carbocycles. The Morgan fingerprint density at radius 1 is 1.22 bits per heavy atom. The minimum absolute atomic E-state index is 0.116. The second kappa shape index (κ2) is 6.01. The van der Waals surface area contributed by atoms with Crippen LogP contribution in [0.1, 0.15) is 33.6 Å². The summed E-state index contributed by atoms with van der Waals surface area (Å²) in [5.74, 6) is 0.379. The van der Waals surface area contributed by atoms with Gasteiger partial charge in [-0.3, -0.25) is 0 Å². The Hall–Kier alpha value is -2.40. The number of nitrogens with zero attached hydrogens (tertiary/aromatic N) is 1. The highest BCUT2D eigenvalue weighted by Gasteiger charge is 2.15. The van der Waals surface area contributed by atoms with Crippen LogP contribution in [0.25, 0.3) is 10.6 Å². The first kappa shape index (κ1) is 14.2. The third-order valence-corrected chi connectivity index (χ3v) is 4.89. The molecule has 0 atom stereocenters. The van der Waals surface area contributed by atoms with E-state index in [0.717, 1.165) is 24.1 Å². The van der Waals surface area contributed by atoms with Gasteiger partial charge in [0.15, 0.2) is 5.76 Å². The molecule has 0 saturated carbocycles. The van der Waals surface area contributed by atoms with Crippen molar-refractivity contribution in [2.75, 3.05) is 0 Å². The van der Waals surface area contributed by atoms with Crippen LogP contribution < -0.4 is 0 Å². The number of hydrogen-bond donors (Lipinski definition) is 0. The van der Waals surface area contributed by atoms with Crippen LogP contribution in [0.2, 0.25) is 0 Å². The van der Waals surface area contributed by atoms with Crippen LogP contribution in [0.15, 0.2) is 46.3 Å². The van der Waals surface area contributed by atoms with E-state index in [1.165, 1.54) is 11.1 Å². The lowest BCUT2D eigenvalue weighted by molar-refractivity contribution is 0.0464. The first-order chi connectivity index (χ1) is 11.3. The van der Waals surface area contributed by atoms with E-state index in [-0.39, 0.29) is 12.6 Å². The Bertz CT molecular complexity index is 836. The Balaban J connectivity index is 1.42. The maximum Gasteiger partial charge on any atom is 0.338 e. The molecule has 0 bridgehead atoms. The first-order valence-corrected chi connectivity index (χ1v) is 8.46. The summed E-state index contributed by atoms with van der Waals surface area (Å²) in [4.78, 5) is 13.2. The fourth-order valence-corrected chi connectivity index (χ4v) is 3.51. The normalized spacial score (nSPS) is 13.0. The van der Waals surface area contributed by atoms with Gasteiger partial charge in [0.1, 0.15) is 12.3 Å². The SMILES string of the molecule is O=C(OCc1cc(-c2cccs2)on1)c1ccc2c(c1)CCC2. The lowest BCUT2D eigenvalue weighted by Crippen LogP contribution is -2.06. The third kappa shape index (κ3) is 2.92. The lowest BCUT2D eigenvalue weighted by Gasteiger charge is -2.05. The van der Waals surface area contributed by atoms with Gasteiger partial charge >= 0.3 is 5.97 Å². The minimum Gasteiger partial charge on any atom is -0.455 e. The van der Waals surface area contributed by atoms with Crippen molar-refractivity contribution >= 4 is 17.3 Å². The van der Waals surface area contributed by atoms with Gasteiger partial charge in [-0.05, 0) is 54.0 Å². The van der Waals surface area contributed by atoms with Crippen LogP contribution in [-0.2, 0) is 24.2 Å². The molecule has 2 aromatic heterocycles. The molecule has 1 aliphatic rings. The number of aryl methyl sites for hydroxylation is 2. The summed E-state index contributed by atoms with van der Waals surface area (Å²) in [5, 5.41) is 5.93. The van der Waals surface area contributed by atoms with Gasteiger partial charge in [-0.25, -0.2) is 4.79 Å². The van der Waals surface area contributed by atoms with Crippen molar-refractivity contribution in [1.82, 2.24) is 5.16 Å². The van der Waals surface area contributed by atoms with Gasteiger partial charge in [0.2, 0.25) is 0 Å². The number of rotatable bonds is 4. The molecule has 3 aromatic rings. The molecule has 23 heavy (non-hydrogen) atoms. The Labute approximate surface area is 137 Å². The Morgan fingerprint density at radius 2 is 2.13 bits per heavy atom. The average Bonchev–Trinajstić information content (AvgIpc) is 3.32. The van der Waals surface area contributed by atoms with E-state index in [1.807, 2.05) is 41.8 Å². The van der Waals surface area contributed by atoms with Gasteiger partial charge in [0, 0.05) is 6.07 Å². The summed E-state index contributed by atoms with van der Waals surface area (Å²) in [6, 6.07) is 11.5. The molecular formula is C18H15NO3S. The van der Waals surface area contributed by atoms with E-state index in [0.29, 0.717) is 17.0 Å². The van der Waals surface area contributed by atoms with E-state index >= 15 is 0 Å². The summed E-state index contributed by atoms with van der Waals surface area (Å²) >= 11 is 1.58. The predicted octanol–water partition coefficient (Wildman–Crippen LogP) is 4.25. The Morgan fingerprint density at radius 3 is 3.00 bits per heavy atom. The number of fused-ring (bicyclic) bond motifs is 1. The zero-order chi connectivity index (χ0) is 15.6. The molecule has 1 aromatic carbocycles. The Kier molecular flexibility index (Phi) is 3.71. The van der Waals surface area contributed by atoms with Crippen LogP contribution in [0.3, 0.4) is 0 Å². The van der Waals surface area contributed by atoms with E-state index < -0.39 is 0 Å². The molecule has 0 amide bonds. The molecule has 0 saturated heterocycles. The maximum absolute atomic E-state index is 12.2. The molecule has 5 heteroatoms. The molecule has 0 unspecified atom stereocenters. The highest BCUT2D eigenvalue weighted by molar-refractivity contribution is 7.13. The zero-order valence-corrected chi connectivity index (χ0v) is 13.3. The molecular weight excluding hydrogens is 310 g/mol. The van der Waals surface area contributed by atoms with Crippen molar-refractivity contribution in [3.63, 3.8) is 0 Å². The third-order valence-electron chi connectivity index (χ3n) is 4.01. The van der Waals surface area contributed by atoms with Crippen molar-refractivity contribution in [3.8, 4) is 10.6 Å². The molecule has 116 valence electrons. The number of esters is 1. The van der Waals surface area contributed by atoms with Gasteiger partial charge in [0.25, 0.3) is 0 Å². The fraction of sp³-hybridized carbons (Fsp3) is 0.222. The quantitative estimate of drug-likeness (QED) is 0.673. The maximum atomic E-state index is 12.2. The van der Waals surface area contributed by atoms with Crippen LogP contribution in [-0.4, -0.2) is 11.1 Å². The van der Waals surface area contributed by atoms with Crippen molar-refractivity contribution < 1.29 is 14.1 Å². The second-order valence-electron chi connectivity index (χ2n) is 5.57. The van der Waals surface area contributed by atoms with Crippen molar-refractivity contribution in [3.05, 3.63) is 64.2 Å². The first-order valence-electron chi connectivity index (χ1n) is 7.58. The van der Waals surface area contributed by atoms with Crippen molar-refractivity contribution in [2.45, 2.75) is 25.9 Å². The number of carbonyl (C=O) groups excluding carboxylic acids is 1. The zero-order valence-electron chi connectivity index (χ0n) is 12.5. The summed E-state index contributed by atoms with van der Waals surface area (Å²) in [7, 11) is 0. The molecule has 0 fully saturated rings. The molecule has 0 radical (unpaired) electrons. The fourth-order valence-electron chi connectivity index (χ4n) is 2.84. The number of benzene rings is 1. The monoisotopic (exact) mass is 325 g/mol. The summed E-state index contributed by atoms with van der Waals surface area (Å²) in [6.45, 7) is 0.116. The van der Waals surface area contributed by atoms with E-state index in [9.17, 15) is 4.79 Å². The summed E-state index contributed by atoms with van der Waals surface area (Å²) in [6.07, 6.45) is 3.32. The lowest BCUT2D eigenvalue weighted by atomic mass is 10.1. The molecule has 2 heterocycles. The highest BCUT2D eigenvalue weighted by Crippen LogP contribution is 2.26. The van der Waals surface area contributed by atoms with Gasteiger partial charge in [0.05, 0.1) is 10.4 Å². The molecule has 0 aliphatic heterocycles. The molecule has 0 spiro atoms. The van der Waals surface area contributed by atoms with Gasteiger partial charge in [-0.1, -0.05) is 17.3 Å². The molecule has 0 N–H and O–H groups in total. The smallest absolute Gasteiger partial charge is 0.338 e. The van der Waals surface area contributed by atoms with Gasteiger partial charge < -0.3 is 9.26 Å². The number of ether oxygens (including phenoxy) is 1.